The van der Waals surface area contributed by atoms with Gasteiger partial charge in [-0.3, -0.25) is 9.78 Å². The van der Waals surface area contributed by atoms with E-state index in [1.54, 1.807) is 18.2 Å². The van der Waals surface area contributed by atoms with Crippen LogP contribution in [0.15, 0.2) is 59.2 Å². The second-order valence-corrected chi connectivity index (χ2v) is 5.20. The van der Waals surface area contributed by atoms with Gasteiger partial charge in [-0.25, -0.2) is 4.39 Å². The summed E-state index contributed by atoms with van der Waals surface area (Å²) in [6, 6.07) is 13.7. The Hall–Kier alpha value is -2.07. The molecule has 0 bridgehead atoms. The minimum absolute atomic E-state index is 0.0320. The number of rotatable bonds is 2. The summed E-state index contributed by atoms with van der Waals surface area (Å²) in [5.74, 6) is -0.925. The fourth-order valence-corrected chi connectivity index (χ4v) is 2.58. The number of carbonyl (C=O) groups excluding carboxylic acids is 1. The zero-order chi connectivity index (χ0) is 14.1. The predicted molar refractivity (Wildman–Crippen MR) is 79.3 cm³/mol. The van der Waals surface area contributed by atoms with Gasteiger partial charge in [0.25, 0.3) is 0 Å². The Morgan fingerprint density at radius 2 is 1.90 bits per heavy atom. The van der Waals surface area contributed by atoms with Gasteiger partial charge in [0, 0.05) is 21.6 Å². The molecule has 3 rings (SSSR count). The first-order valence-corrected chi connectivity index (χ1v) is 6.79. The van der Waals surface area contributed by atoms with Crippen molar-refractivity contribution in [2.45, 2.75) is 0 Å². The maximum atomic E-state index is 13.8. The Kier molecular flexibility index (Phi) is 3.32. The Morgan fingerprint density at radius 1 is 1.10 bits per heavy atom. The molecule has 0 amide bonds. The van der Waals surface area contributed by atoms with Crippen molar-refractivity contribution < 1.29 is 9.18 Å². The number of pyridine rings is 1. The normalized spacial score (nSPS) is 10.7. The Bertz CT molecular complexity index is 796. The number of aromatic nitrogens is 1. The van der Waals surface area contributed by atoms with E-state index < -0.39 is 5.82 Å². The van der Waals surface area contributed by atoms with Crippen molar-refractivity contribution in [3.8, 4) is 0 Å². The number of carbonyl (C=O) groups is 1. The highest BCUT2D eigenvalue weighted by Gasteiger charge is 2.17. The average molecular weight is 330 g/mol. The highest BCUT2D eigenvalue weighted by Crippen LogP contribution is 2.24. The number of nitrogens with zero attached hydrogens (tertiary/aromatic N) is 1. The van der Waals surface area contributed by atoms with Crippen LogP contribution in [0.1, 0.15) is 15.9 Å². The lowest BCUT2D eigenvalue weighted by molar-refractivity contribution is 0.103. The van der Waals surface area contributed by atoms with Crippen molar-refractivity contribution in [1.82, 2.24) is 4.98 Å². The standard InChI is InChI=1S/C16H9BrFNO/c17-12-5-3-6-13(18)15(12)16(20)11-8-10-4-1-2-7-14(10)19-9-11/h1-9H. The van der Waals surface area contributed by atoms with Crippen molar-refractivity contribution >= 4 is 32.6 Å². The van der Waals surface area contributed by atoms with Gasteiger partial charge in [0.2, 0.25) is 0 Å². The summed E-state index contributed by atoms with van der Waals surface area (Å²) < 4.78 is 14.3. The van der Waals surface area contributed by atoms with Crippen LogP contribution in [-0.2, 0) is 0 Å². The molecule has 4 heteroatoms. The van der Waals surface area contributed by atoms with E-state index >= 15 is 0 Å². The third kappa shape index (κ3) is 2.23. The van der Waals surface area contributed by atoms with E-state index in [1.165, 1.54) is 12.3 Å². The average Bonchev–Trinajstić information content (AvgIpc) is 2.46. The molecule has 0 spiro atoms. The summed E-state index contributed by atoms with van der Waals surface area (Å²) >= 11 is 3.21. The van der Waals surface area contributed by atoms with Gasteiger partial charge >= 0.3 is 0 Å². The number of ketones is 1. The quantitative estimate of drug-likeness (QED) is 0.653. The molecular weight excluding hydrogens is 321 g/mol. The molecule has 0 radical (unpaired) electrons. The molecule has 1 aromatic heterocycles. The fraction of sp³-hybridized carbons (Fsp3) is 0. The maximum absolute atomic E-state index is 13.8. The second kappa shape index (κ2) is 5.13. The zero-order valence-electron chi connectivity index (χ0n) is 10.3. The lowest BCUT2D eigenvalue weighted by Gasteiger charge is -2.06. The molecule has 2 nitrogen and oxygen atoms in total. The minimum Gasteiger partial charge on any atom is -0.288 e. The summed E-state index contributed by atoms with van der Waals surface area (Å²) in [5.41, 5.74) is 1.20. The van der Waals surface area contributed by atoms with E-state index in [0.717, 1.165) is 10.9 Å². The van der Waals surface area contributed by atoms with Crippen LogP contribution in [0.2, 0.25) is 0 Å². The fourth-order valence-electron chi connectivity index (χ4n) is 2.05. The van der Waals surface area contributed by atoms with E-state index in [-0.39, 0.29) is 11.3 Å². The summed E-state index contributed by atoms with van der Waals surface area (Å²) in [6.07, 6.45) is 1.48. The van der Waals surface area contributed by atoms with Gasteiger partial charge in [0.05, 0.1) is 11.1 Å². The highest BCUT2D eigenvalue weighted by molar-refractivity contribution is 9.10. The maximum Gasteiger partial charge on any atom is 0.198 e. The molecule has 20 heavy (non-hydrogen) atoms. The Labute approximate surface area is 123 Å². The van der Waals surface area contributed by atoms with Crippen LogP contribution >= 0.6 is 15.9 Å². The third-order valence-electron chi connectivity index (χ3n) is 3.04. The smallest absolute Gasteiger partial charge is 0.198 e. The second-order valence-electron chi connectivity index (χ2n) is 4.34. The third-order valence-corrected chi connectivity index (χ3v) is 3.70. The van der Waals surface area contributed by atoms with Crippen LogP contribution in [0, 0.1) is 5.82 Å². The summed E-state index contributed by atoms with van der Waals surface area (Å²) in [7, 11) is 0. The molecule has 1 heterocycles. The number of hydrogen-bond donors (Lipinski definition) is 0. The van der Waals surface area contributed by atoms with E-state index in [4.69, 9.17) is 0 Å². The summed E-state index contributed by atoms with van der Waals surface area (Å²) in [5, 5.41) is 0.853. The van der Waals surface area contributed by atoms with Crippen molar-refractivity contribution in [2.24, 2.45) is 0 Å². The lowest BCUT2D eigenvalue weighted by Crippen LogP contribution is -2.06. The van der Waals surface area contributed by atoms with Crippen molar-refractivity contribution in [3.05, 3.63) is 76.1 Å². The number of para-hydroxylation sites is 1. The van der Waals surface area contributed by atoms with Gasteiger partial charge in [-0.15, -0.1) is 0 Å². The van der Waals surface area contributed by atoms with Gasteiger partial charge in [-0.1, -0.05) is 24.3 Å². The molecule has 0 saturated carbocycles. The SMILES string of the molecule is O=C(c1cnc2ccccc2c1)c1c(F)cccc1Br. The van der Waals surface area contributed by atoms with Crippen molar-refractivity contribution in [1.29, 1.82) is 0 Å². The molecule has 0 aliphatic heterocycles. The van der Waals surface area contributed by atoms with Gasteiger partial charge in [-0.05, 0) is 40.2 Å². The number of benzene rings is 2. The van der Waals surface area contributed by atoms with E-state index in [9.17, 15) is 9.18 Å². The first-order valence-electron chi connectivity index (χ1n) is 6.00. The minimum atomic E-state index is -0.544. The molecule has 2 aromatic carbocycles. The molecule has 0 atom stereocenters. The van der Waals surface area contributed by atoms with Crippen LogP contribution in [0.4, 0.5) is 4.39 Å². The van der Waals surface area contributed by atoms with Crippen LogP contribution < -0.4 is 0 Å². The first-order chi connectivity index (χ1) is 9.66. The monoisotopic (exact) mass is 329 g/mol. The molecular formula is C16H9BrFNO. The molecule has 0 N–H and O–H groups in total. The number of halogens is 2. The number of fused-ring (bicyclic) bond motifs is 1. The molecule has 0 saturated heterocycles. The largest absolute Gasteiger partial charge is 0.288 e. The topological polar surface area (TPSA) is 30.0 Å². The Morgan fingerprint density at radius 3 is 2.70 bits per heavy atom. The Balaban J connectivity index is 2.13. The van der Waals surface area contributed by atoms with Gasteiger partial charge in [-0.2, -0.15) is 0 Å². The molecule has 0 fully saturated rings. The van der Waals surface area contributed by atoms with Crippen molar-refractivity contribution in [2.75, 3.05) is 0 Å². The zero-order valence-corrected chi connectivity index (χ0v) is 11.9. The molecule has 0 aliphatic carbocycles. The predicted octanol–water partition coefficient (Wildman–Crippen LogP) is 4.37. The summed E-state index contributed by atoms with van der Waals surface area (Å²) in [4.78, 5) is 16.7. The van der Waals surface area contributed by atoms with Crippen LogP contribution in [-0.4, -0.2) is 10.8 Å². The van der Waals surface area contributed by atoms with E-state index in [0.29, 0.717) is 10.0 Å². The first kappa shape index (κ1) is 12.9. The van der Waals surface area contributed by atoms with Gasteiger partial charge < -0.3 is 0 Å². The highest BCUT2D eigenvalue weighted by atomic mass is 79.9. The molecule has 3 aromatic rings. The van der Waals surface area contributed by atoms with Crippen LogP contribution in [0.5, 0.6) is 0 Å². The molecule has 98 valence electrons. The lowest BCUT2D eigenvalue weighted by atomic mass is 10.0. The molecule has 0 aliphatic rings. The van der Waals surface area contributed by atoms with E-state index in [2.05, 4.69) is 20.9 Å². The summed E-state index contributed by atoms with van der Waals surface area (Å²) in [6.45, 7) is 0. The molecule has 0 unspecified atom stereocenters. The number of hydrogen-bond acceptors (Lipinski definition) is 2. The van der Waals surface area contributed by atoms with E-state index in [1.807, 2.05) is 24.3 Å². The van der Waals surface area contributed by atoms with Gasteiger partial charge in [0.15, 0.2) is 5.78 Å². The van der Waals surface area contributed by atoms with Crippen LogP contribution in [0.25, 0.3) is 10.9 Å². The van der Waals surface area contributed by atoms with Crippen LogP contribution in [0.3, 0.4) is 0 Å². The van der Waals surface area contributed by atoms with Crippen molar-refractivity contribution in [3.63, 3.8) is 0 Å². The van der Waals surface area contributed by atoms with Gasteiger partial charge in [0.1, 0.15) is 5.82 Å².